The Morgan fingerprint density at radius 1 is 1.05 bits per heavy atom. The van der Waals surface area contributed by atoms with Gasteiger partial charge in [0.1, 0.15) is 12.7 Å². The average molecular weight is 371 g/mol. The topological polar surface area (TPSA) is 88.1 Å². The van der Waals surface area contributed by atoms with Crippen molar-refractivity contribution in [3.8, 4) is 0 Å². The van der Waals surface area contributed by atoms with Gasteiger partial charge in [-0.1, -0.05) is 15.9 Å². The fourth-order valence-electron chi connectivity index (χ4n) is 1.83. The van der Waals surface area contributed by atoms with Crippen LogP contribution in [0.3, 0.4) is 0 Å². The van der Waals surface area contributed by atoms with Crippen LogP contribution in [0.5, 0.6) is 0 Å². The van der Waals surface area contributed by atoms with Gasteiger partial charge in [0, 0.05) is 20.8 Å². The molecule has 1 fully saturated rings. The summed E-state index contributed by atoms with van der Waals surface area (Å²) in [6.45, 7) is 3.08. The maximum absolute atomic E-state index is 14.4. The number of alkyl halides is 2. The first-order valence-electron chi connectivity index (χ1n) is 6.13. The lowest BCUT2D eigenvalue weighted by Gasteiger charge is -2.40. The Bertz CT molecular complexity index is 416. The van der Waals surface area contributed by atoms with E-state index in [0.717, 1.165) is 13.8 Å². The highest BCUT2D eigenvalue weighted by atomic mass is 79.9. The van der Waals surface area contributed by atoms with Crippen molar-refractivity contribution in [3.63, 3.8) is 0 Å². The Hall–Kier alpha value is -1.22. The standard InChI is InChI=1S/C12H16BrFO7/c1-5(15)18-4-8-9(14)10(19-6(2)16)11(12(13)21-8)20-7(3)17/h8-12H,4H2,1-3H3. The average Bonchev–Trinajstić information content (AvgIpc) is 2.35. The van der Waals surface area contributed by atoms with Crippen LogP contribution in [0.4, 0.5) is 4.39 Å². The van der Waals surface area contributed by atoms with E-state index in [9.17, 15) is 18.8 Å². The molecule has 0 N–H and O–H groups in total. The molecule has 0 aromatic heterocycles. The number of esters is 3. The van der Waals surface area contributed by atoms with Crippen LogP contribution in [0.1, 0.15) is 20.8 Å². The van der Waals surface area contributed by atoms with Gasteiger partial charge in [0.15, 0.2) is 23.4 Å². The normalized spacial score (nSPS) is 32.1. The zero-order valence-electron chi connectivity index (χ0n) is 11.7. The Kier molecular flexibility index (Phi) is 6.53. The molecule has 1 aliphatic rings. The number of ether oxygens (including phenoxy) is 4. The summed E-state index contributed by atoms with van der Waals surface area (Å²) in [5.41, 5.74) is 0. The molecule has 0 spiro atoms. The van der Waals surface area contributed by atoms with E-state index in [2.05, 4.69) is 15.9 Å². The highest BCUT2D eigenvalue weighted by Crippen LogP contribution is 2.31. The van der Waals surface area contributed by atoms with Gasteiger partial charge in [-0.2, -0.15) is 0 Å². The van der Waals surface area contributed by atoms with Crippen LogP contribution >= 0.6 is 15.9 Å². The van der Waals surface area contributed by atoms with E-state index in [0.29, 0.717) is 0 Å². The Labute approximate surface area is 129 Å². The Balaban J connectivity index is 2.87. The molecule has 9 heteroatoms. The van der Waals surface area contributed by atoms with Crippen molar-refractivity contribution in [1.82, 2.24) is 0 Å². The molecular weight excluding hydrogens is 355 g/mol. The van der Waals surface area contributed by atoms with E-state index in [1.807, 2.05) is 0 Å². The second-order valence-corrected chi connectivity index (χ2v) is 5.32. The van der Waals surface area contributed by atoms with Crippen LogP contribution in [0.15, 0.2) is 0 Å². The lowest BCUT2D eigenvalue weighted by molar-refractivity contribution is -0.216. The summed E-state index contributed by atoms with van der Waals surface area (Å²) in [4.78, 5) is 32.9. The predicted molar refractivity (Wildman–Crippen MR) is 70.2 cm³/mol. The lowest BCUT2D eigenvalue weighted by atomic mass is 10.0. The van der Waals surface area contributed by atoms with E-state index < -0.39 is 47.4 Å². The lowest BCUT2D eigenvalue weighted by Crippen LogP contribution is -2.58. The first kappa shape index (κ1) is 17.8. The van der Waals surface area contributed by atoms with Gasteiger partial charge in [0.2, 0.25) is 0 Å². The maximum Gasteiger partial charge on any atom is 0.303 e. The minimum absolute atomic E-state index is 0.344. The van der Waals surface area contributed by atoms with Crippen molar-refractivity contribution in [3.05, 3.63) is 0 Å². The monoisotopic (exact) mass is 370 g/mol. The molecule has 0 radical (unpaired) electrons. The Morgan fingerprint density at radius 3 is 2.05 bits per heavy atom. The van der Waals surface area contributed by atoms with Gasteiger partial charge >= 0.3 is 17.9 Å². The summed E-state index contributed by atoms with van der Waals surface area (Å²) in [7, 11) is 0. The predicted octanol–water partition coefficient (Wildman–Crippen LogP) is 0.871. The number of hydrogen-bond acceptors (Lipinski definition) is 7. The van der Waals surface area contributed by atoms with E-state index in [1.54, 1.807) is 0 Å². The van der Waals surface area contributed by atoms with Crippen LogP contribution in [0, 0.1) is 0 Å². The molecule has 21 heavy (non-hydrogen) atoms. The zero-order chi connectivity index (χ0) is 16.2. The van der Waals surface area contributed by atoms with Crippen molar-refractivity contribution in [2.75, 3.05) is 6.61 Å². The van der Waals surface area contributed by atoms with E-state index in [-0.39, 0.29) is 6.61 Å². The quantitative estimate of drug-likeness (QED) is 0.412. The highest BCUT2D eigenvalue weighted by Gasteiger charge is 2.49. The summed E-state index contributed by atoms with van der Waals surface area (Å²) < 4.78 is 34.2. The van der Waals surface area contributed by atoms with Gasteiger partial charge in [0.05, 0.1) is 0 Å². The van der Waals surface area contributed by atoms with Gasteiger partial charge in [-0.25, -0.2) is 4.39 Å². The van der Waals surface area contributed by atoms with Crippen molar-refractivity contribution < 1.29 is 37.7 Å². The molecule has 0 aromatic rings. The van der Waals surface area contributed by atoms with Crippen molar-refractivity contribution in [1.29, 1.82) is 0 Å². The first-order valence-corrected chi connectivity index (χ1v) is 7.05. The largest absolute Gasteiger partial charge is 0.463 e. The molecule has 1 rings (SSSR count). The van der Waals surface area contributed by atoms with Crippen LogP contribution in [0.25, 0.3) is 0 Å². The minimum Gasteiger partial charge on any atom is -0.463 e. The van der Waals surface area contributed by atoms with Gasteiger partial charge in [-0.15, -0.1) is 0 Å². The summed E-state index contributed by atoms with van der Waals surface area (Å²) in [6, 6.07) is 0. The Morgan fingerprint density at radius 2 is 1.57 bits per heavy atom. The fraction of sp³-hybridized carbons (Fsp3) is 0.750. The summed E-state index contributed by atoms with van der Waals surface area (Å²) >= 11 is 3.09. The van der Waals surface area contributed by atoms with E-state index in [4.69, 9.17) is 18.9 Å². The molecule has 120 valence electrons. The third kappa shape index (κ3) is 5.24. The van der Waals surface area contributed by atoms with Gasteiger partial charge in [0.25, 0.3) is 0 Å². The summed E-state index contributed by atoms with van der Waals surface area (Å²) in [5.74, 6) is -1.99. The number of hydrogen-bond donors (Lipinski definition) is 0. The molecular formula is C12H16BrFO7. The van der Waals surface area contributed by atoms with Crippen molar-refractivity contribution in [2.24, 2.45) is 0 Å². The molecule has 0 aliphatic carbocycles. The molecule has 5 unspecified atom stereocenters. The molecule has 1 heterocycles. The second-order valence-electron chi connectivity index (χ2n) is 4.42. The molecule has 0 amide bonds. The SMILES string of the molecule is CC(=O)OCC1OC(Br)C(OC(C)=O)C(OC(C)=O)C1F. The number of rotatable bonds is 4. The van der Waals surface area contributed by atoms with Gasteiger partial charge < -0.3 is 18.9 Å². The maximum atomic E-state index is 14.4. The molecule has 1 saturated heterocycles. The summed E-state index contributed by atoms with van der Waals surface area (Å²) in [6.07, 6.45) is -5.46. The van der Waals surface area contributed by atoms with Gasteiger partial charge in [-0.05, 0) is 0 Å². The number of carbonyl (C=O) groups is 3. The van der Waals surface area contributed by atoms with Crippen molar-refractivity contribution in [2.45, 2.75) is 50.3 Å². The van der Waals surface area contributed by atoms with Crippen LogP contribution in [0.2, 0.25) is 0 Å². The first-order chi connectivity index (χ1) is 9.72. The van der Waals surface area contributed by atoms with Crippen molar-refractivity contribution >= 4 is 33.8 Å². The van der Waals surface area contributed by atoms with Crippen LogP contribution < -0.4 is 0 Å². The van der Waals surface area contributed by atoms with Crippen LogP contribution in [-0.2, 0) is 33.3 Å². The molecule has 0 aromatic carbocycles. The molecule has 5 atom stereocenters. The zero-order valence-corrected chi connectivity index (χ0v) is 13.3. The molecule has 0 bridgehead atoms. The number of carbonyl (C=O) groups excluding carboxylic acids is 3. The third-order valence-corrected chi connectivity index (χ3v) is 3.35. The van der Waals surface area contributed by atoms with Crippen LogP contribution in [-0.4, -0.2) is 54.0 Å². The second kappa shape index (κ2) is 7.69. The fourth-order valence-corrected chi connectivity index (χ4v) is 2.51. The third-order valence-electron chi connectivity index (χ3n) is 2.61. The summed E-state index contributed by atoms with van der Waals surface area (Å²) in [5, 5.41) is -0.904. The van der Waals surface area contributed by atoms with E-state index >= 15 is 0 Å². The molecule has 7 nitrogen and oxygen atoms in total. The smallest absolute Gasteiger partial charge is 0.303 e. The van der Waals surface area contributed by atoms with E-state index in [1.165, 1.54) is 6.92 Å². The number of halogens is 2. The molecule has 0 saturated carbocycles. The highest BCUT2D eigenvalue weighted by molar-refractivity contribution is 9.09. The molecule has 1 aliphatic heterocycles. The minimum atomic E-state index is -1.81. The van der Waals surface area contributed by atoms with Gasteiger partial charge in [-0.3, -0.25) is 14.4 Å².